The van der Waals surface area contributed by atoms with Crippen LogP contribution in [0.3, 0.4) is 0 Å². The number of hydrogen-bond acceptors (Lipinski definition) is 5. The highest BCUT2D eigenvalue weighted by Gasteiger charge is 2.28. The van der Waals surface area contributed by atoms with E-state index >= 15 is 0 Å². The molecule has 2 saturated heterocycles. The predicted molar refractivity (Wildman–Crippen MR) is 103 cm³/mol. The molecule has 1 amide bonds. The van der Waals surface area contributed by atoms with Crippen molar-refractivity contribution in [3.63, 3.8) is 0 Å². The minimum absolute atomic E-state index is 0.0145. The Morgan fingerprint density at radius 2 is 2.17 bits per heavy atom. The number of benzene rings is 1. The number of carbonyl (C=O) groups is 1. The van der Waals surface area contributed by atoms with E-state index < -0.39 is 0 Å². The first-order valence-electron chi connectivity index (χ1n) is 8.61. The highest BCUT2D eigenvalue weighted by molar-refractivity contribution is 7.99. The Hall–Kier alpha value is -0.950. The molecule has 3 rings (SSSR count). The summed E-state index contributed by atoms with van der Waals surface area (Å²) in [7, 11) is 0. The van der Waals surface area contributed by atoms with Gasteiger partial charge in [0.05, 0.1) is 10.7 Å². The maximum absolute atomic E-state index is 12.4. The molecule has 0 aromatic heterocycles. The van der Waals surface area contributed by atoms with E-state index in [1.54, 1.807) is 0 Å². The second kappa shape index (κ2) is 8.43. The summed E-state index contributed by atoms with van der Waals surface area (Å²) in [4.78, 5) is 14.7. The second-order valence-electron chi connectivity index (χ2n) is 6.32. The number of halogens is 1. The minimum atomic E-state index is -0.195. The molecule has 1 aromatic rings. The molecule has 2 unspecified atom stereocenters. The van der Waals surface area contributed by atoms with Crippen LogP contribution in [0.1, 0.15) is 26.2 Å². The van der Waals surface area contributed by atoms with Crippen molar-refractivity contribution < 1.29 is 4.79 Å². The molecule has 5 nitrogen and oxygen atoms in total. The summed E-state index contributed by atoms with van der Waals surface area (Å²) in [6.07, 6.45) is 3.00. The molecule has 0 bridgehead atoms. The number of rotatable bonds is 5. The number of hydrazine groups is 1. The van der Waals surface area contributed by atoms with E-state index in [9.17, 15) is 4.79 Å². The van der Waals surface area contributed by atoms with Crippen LogP contribution < -0.4 is 21.1 Å². The molecule has 24 heavy (non-hydrogen) atoms. The molecule has 2 fully saturated rings. The van der Waals surface area contributed by atoms with Crippen LogP contribution in [-0.2, 0) is 4.79 Å². The molecule has 1 aromatic carbocycles. The summed E-state index contributed by atoms with van der Waals surface area (Å²) in [6.45, 7) is 4.19. The number of nitrogens with zero attached hydrogens (tertiary/aromatic N) is 1. The van der Waals surface area contributed by atoms with Gasteiger partial charge in [0.2, 0.25) is 5.91 Å². The van der Waals surface area contributed by atoms with E-state index in [1.165, 1.54) is 0 Å². The standard InChI is InChI=1S/C17H25ClN4OS/c1-2-3-13-11-15(21-20-13)17(23)19-12-4-5-16(14(18)10-12)22-6-8-24-9-7-22/h4-5,10,13,15,20-21H,2-3,6-9,11H2,1H3,(H,19,23). The third kappa shape index (κ3) is 4.36. The first-order chi connectivity index (χ1) is 11.7. The molecule has 7 heteroatoms. The number of amides is 1. The Morgan fingerprint density at radius 3 is 2.88 bits per heavy atom. The second-order valence-corrected chi connectivity index (χ2v) is 7.95. The summed E-state index contributed by atoms with van der Waals surface area (Å²) in [5.41, 5.74) is 8.08. The van der Waals surface area contributed by atoms with Crippen LogP contribution in [0.4, 0.5) is 11.4 Å². The number of nitrogens with one attached hydrogen (secondary N) is 3. The van der Waals surface area contributed by atoms with E-state index in [0.717, 1.165) is 55.2 Å². The lowest BCUT2D eigenvalue weighted by Gasteiger charge is -2.29. The van der Waals surface area contributed by atoms with Crippen LogP contribution in [0, 0.1) is 0 Å². The third-order valence-electron chi connectivity index (χ3n) is 4.50. The van der Waals surface area contributed by atoms with Gasteiger partial charge in [0, 0.05) is 36.3 Å². The van der Waals surface area contributed by atoms with Gasteiger partial charge in [-0.1, -0.05) is 24.9 Å². The highest BCUT2D eigenvalue weighted by Crippen LogP contribution is 2.30. The van der Waals surface area contributed by atoms with Crippen molar-refractivity contribution in [2.75, 3.05) is 34.8 Å². The summed E-state index contributed by atoms with van der Waals surface area (Å²) in [5.74, 6) is 2.25. The van der Waals surface area contributed by atoms with Gasteiger partial charge in [-0.2, -0.15) is 11.8 Å². The SMILES string of the molecule is CCCC1CC(C(=O)Nc2ccc(N3CCSCC3)c(Cl)c2)NN1. The van der Waals surface area contributed by atoms with E-state index in [0.29, 0.717) is 11.1 Å². The van der Waals surface area contributed by atoms with E-state index in [-0.39, 0.29) is 11.9 Å². The zero-order valence-electron chi connectivity index (χ0n) is 14.0. The topological polar surface area (TPSA) is 56.4 Å². The maximum Gasteiger partial charge on any atom is 0.242 e. The zero-order valence-corrected chi connectivity index (χ0v) is 15.6. The number of anilines is 2. The lowest BCUT2D eigenvalue weighted by atomic mass is 10.1. The van der Waals surface area contributed by atoms with Crippen LogP contribution in [0.5, 0.6) is 0 Å². The van der Waals surface area contributed by atoms with Gasteiger partial charge in [-0.25, -0.2) is 5.43 Å². The smallest absolute Gasteiger partial charge is 0.242 e. The Balaban J connectivity index is 1.59. The number of hydrogen-bond donors (Lipinski definition) is 3. The normalized spacial score (nSPS) is 24.2. The Morgan fingerprint density at radius 1 is 1.38 bits per heavy atom. The zero-order chi connectivity index (χ0) is 16.9. The third-order valence-corrected chi connectivity index (χ3v) is 5.75. The monoisotopic (exact) mass is 368 g/mol. The van der Waals surface area contributed by atoms with E-state index in [1.807, 2.05) is 30.0 Å². The van der Waals surface area contributed by atoms with Gasteiger partial charge in [0.15, 0.2) is 0 Å². The van der Waals surface area contributed by atoms with Crippen molar-refractivity contribution >= 4 is 40.6 Å². The Kier molecular flexibility index (Phi) is 6.27. The van der Waals surface area contributed by atoms with Crippen LogP contribution in [0.15, 0.2) is 18.2 Å². The van der Waals surface area contributed by atoms with Crippen molar-refractivity contribution in [2.24, 2.45) is 0 Å². The Labute approximate surface area is 152 Å². The van der Waals surface area contributed by atoms with Gasteiger partial charge >= 0.3 is 0 Å². The molecule has 2 atom stereocenters. The molecular formula is C17H25ClN4OS. The predicted octanol–water partition coefficient (Wildman–Crippen LogP) is 2.87. The summed E-state index contributed by atoms with van der Waals surface area (Å²) in [6, 6.07) is 5.97. The van der Waals surface area contributed by atoms with Crippen LogP contribution in [-0.4, -0.2) is 42.6 Å². The largest absolute Gasteiger partial charge is 0.369 e. The molecular weight excluding hydrogens is 344 g/mol. The maximum atomic E-state index is 12.4. The van der Waals surface area contributed by atoms with Gasteiger partial charge < -0.3 is 10.2 Å². The van der Waals surface area contributed by atoms with Gasteiger partial charge in [-0.15, -0.1) is 0 Å². The first kappa shape index (κ1) is 17.9. The molecule has 2 heterocycles. The van der Waals surface area contributed by atoms with Gasteiger partial charge in [0.25, 0.3) is 0 Å². The molecule has 0 spiro atoms. The number of thioether (sulfide) groups is 1. The van der Waals surface area contributed by atoms with Crippen LogP contribution in [0.25, 0.3) is 0 Å². The molecule has 2 aliphatic rings. The molecule has 2 aliphatic heterocycles. The quantitative estimate of drug-likeness (QED) is 0.746. The Bertz CT molecular complexity index is 580. The summed E-state index contributed by atoms with van der Waals surface area (Å²) >= 11 is 8.42. The van der Waals surface area contributed by atoms with Crippen LogP contribution in [0.2, 0.25) is 5.02 Å². The fourth-order valence-electron chi connectivity index (χ4n) is 3.21. The average molecular weight is 369 g/mol. The minimum Gasteiger partial charge on any atom is -0.369 e. The molecule has 3 N–H and O–H groups in total. The summed E-state index contributed by atoms with van der Waals surface area (Å²) in [5, 5.41) is 3.66. The highest BCUT2D eigenvalue weighted by atomic mass is 35.5. The summed E-state index contributed by atoms with van der Waals surface area (Å²) < 4.78 is 0. The van der Waals surface area contributed by atoms with Crippen molar-refractivity contribution in [3.05, 3.63) is 23.2 Å². The molecule has 132 valence electrons. The first-order valence-corrected chi connectivity index (χ1v) is 10.1. The van der Waals surface area contributed by atoms with Crippen molar-refractivity contribution in [2.45, 2.75) is 38.3 Å². The van der Waals surface area contributed by atoms with E-state index in [4.69, 9.17) is 11.6 Å². The molecule has 0 saturated carbocycles. The van der Waals surface area contributed by atoms with Crippen LogP contribution >= 0.6 is 23.4 Å². The van der Waals surface area contributed by atoms with Crippen molar-refractivity contribution in [3.8, 4) is 0 Å². The number of carbonyl (C=O) groups excluding carboxylic acids is 1. The van der Waals surface area contributed by atoms with Crippen molar-refractivity contribution in [1.29, 1.82) is 0 Å². The fraction of sp³-hybridized carbons (Fsp3) is 0.588. The van der Waals surface area contributed by atoms with Gasteiger partial charge in [0.1, 0.15) is 6.04 Å². The average Bonchev–Trinajstić information content (AvgIpc) is 3.05. The van der Waals surface area contributed by atoms with E-state index in [2.05, 4.69) is 28.0 Å². The lowest BCUT2D eigenvalue weighted by Crippen LogP contribution is -2.40. The molecule has 0 aliphatic carbocycles. The fourth-order valence-corrected chi connectivity index (χ4v) is 4.41. The molecule has 0 radical (unpaired) electrons. The van der Waals surface area contributed by atoms with Gasteiger partial charge in [-0.3, -0.25) is 10.2 Å². The van der Waals surface area contributed by atoms with Gasteiger partial charge in [-0.05, 0) is 31.0 Å². The van der Waals surface area contributed by atoms with Crippen molar-refractivity contribution in [1.82, 2.24) is 10.9 Å². The lowest BCUT2D eigenvalue weighted by molar-refractivity contribution is -0.117.